The maximum atomic E-state index is 11.9. The lowest BCUT2D eigenvalue weighted by atomic mass is 10.1. The number of benzene rings is 1. The maximum Gasteiger partial charge on any atom is 0.184 e. The molecule has 0 spiro atoms. The number of Topliss-reactive ketones (excluding diaryl/α,β-unsaturated/α-hetero) is 1. The first-order valence-corrected chi connectivity index (χ1v) is 5.80. The van der Waals surface area contributed by atoms with E-state index in [1.165, 1.54) is 4.68 Å². The third-order valence-corrected chi connectivity index (χ3v) is 2.94. The van der Waals surface area contributed by atoms with Crippen molar-refractivity contribution in [1.82, 2.24) is 9.78 Å². The SMILES string of the molecule is Cc1nn(CC(=O)c2cccc(Cl)c2)cc1Cl. The van der Waals surface area contributed by atoms with E-state index in [9.17, 15) is 4.79 Å². The summed E-state index contributed by atoms with van der Waals surface area (Å²) in [6, 6.07) is 6.85. The molecule has 17 heavy (non-hydrogen) atoms. The molecule has 0 aliphatic rings. The van der Waals surface area contributed by atoms with Crippen molar-refractivity contribution in [3.8, 4) is 0 Å². The molecule has 0 amide bonds. The first kappa shape index (κ1) is 12.1. The van der Waals surface area contributed by atoms with Crippen LogP contribution in [0.5, 0.6) is 0 Å². The van der Waals surface area contributed by atoms with Crippen LogP contribution in [-0.2, 0) is 6.54 Å². The molecule has 2 rings (SSSR count). The number of hydrogen-bond donors (Lipinski definition) is 0. The molecule has 3 nitrogen and oxygen atoms in total. The number of carbonyl (C=O) groups excluding carboxylic acids is 1. The van der Waals surface area contributed by atoms with E-state index in [-0.39, 0.29) is 12.3 Å². The predicted octanol–water partition coefficient (Wildman–Crippen LogP) is 3.38. The highest BCUT2D eigenvalue weighted by molar-refractivity contribution is 6.31. The molecular formula is C12H10Cl2N2O. The molecule has 1 aromatic carbocycles. The Morgan fingerprint density at radius 1 is 1.41 bits per heavy atom. The smallest absolute Gasteiger partial charge is 0.184 e. The summed E-state index contributed by atoms with van der Waals surface area (Å²) in [5, 5.41) is 5.23. The number of carbonyl (C=O) groups is 1. The zero-order valence-electron chi connectivity index (χ0n) is 9.15. The third kappa shape index (κ3) is 2.87. The van der Waals surface area contributed by atoms with E-state index in [4.69, 9.17) is 23.2 Å². The molecule has 0 fully saturated rings. The molecule has 0 saturated carbocycles. The molecule has 0 atom stereocenters. The van der Waals surface area contributed by atoms with Gasteiger partial charge in [0, 0.05) is 16.8 Å². The van der Waals surface area contributed by atoms with Gasteiger partial charge in [0.15, 0.2) is 5.78 Å². The zero-order chi connectivity index (χ0) is 12.4. The second-order valence-corrected chi connectivity index (χ2v) is 4.54. The molecule has 2 aromatic rings. The van der Waals surface area contributed by atoms with Crippen LogP contribution in [0.4, 0.5) is 0 Å². The fourth-order valence-electron chi connectivity index (χ4n) is 1.47. The highest BCUT2D eigenvalue weighted by Gasteiger charge is 2.09. The van der Waals surface area contributed by atoms with Gasteiger partial charge in [-0.25, -0.2) is 0 Å². The third-order valence-electron chi connectivity index (χ3n) is 2.34. The average Bonchev–Trinajstić information content (AvgIpc) is 2.58. The van der Waals surface area contributed by atoms with Gasteiger partial charge in [0.05, 0.1) is 10.7 Å². The van der Waals surface area contributed by atoms with Gasteiger partial charge >= 0.3 is 0 Å². The van der Waals surface area contributed by atoms with E-state index < -0.39 is 0 Å². The number of aromatic nitrogens is 2. The minimum atomic E-state index is -0.0494. The summed E-state index contributed by atoms with van der Waals surface area (Å²) >= 11 is 11.7. The maximum absolute atomic E-state index is 11.9. The fourth-order valence-corrected chi connectivity index (χ4v) is 1.82. The first-order valence-electron chi connectivity index (χ1n) is 5.04. The van der Waals surface area contributed by atoms with Crippen molar-refractivity contribution in [1.29, 1.82) is 0 Å². The summed E-state index contributed by atoms with van der Waals surface area (Å²) in [5.74, 6) is -0.0494. The number of hydrogen-bond acceptors (Lipinski definition) is 2. The van der Waals surface area contributed by atoms with Gasteiger partial charge in [-0.2, -0.15) is 5.10 Å². The van der Waals surface area contributed by atoms with E-state index in [1.54, 1.807) is 37.4 Å². The Hall–Kier alpha value is -1.32. The van der Waals surface area contributed by atoms with E-state index in [1.807, 2.05) is 0 Å². The van der Waals surface area contributed by atoms with Crippen LogP contribution in [0.25, 0.3) is 0 Å². The van der Waals surface area contributed by atoms with Gasteiger partial charge in [0.1, 0.15) is 6.54 Å². The number of aryl methyl sites for hydroxylation is 1. The number of rotatable bonds is 3. The largest absolute Gasteiger partial charge is 0.292 e. The molecule has 0 bridgehead atoms. The molecule has 1 aromatic heterocycles. The lowest BCUT2D eigenvalue weighted by Gasteiger charge is -2.01. The van der Waals surface area contributed by atoms with E-state index in [0.717, 1.165) is 0 Å². The highest BCUT2D eigenvalue weighted by Crippen LogP contribution is 2.14. The van der Waals surface area contributed by atoms with Crippen LogP contribution in [0.3, 0.4) is 0 Å². The van der Waals surface area contributed by atoms with Crippen LogP contribution in [0.15, 0.2) is 30.5 Å². The Morgan fingerprint density at radius 2 is 2.18 bits per heavy atom. The summed E-state index contributed by atoms with van der Waals surface area (Å²) in [6.45, 7) is 1.95. The molecule has 88 valence electrons. The fraction of sp³-hybridized carbons (Fsp3) is 0.167. The number of ketones is 1. The van der Waals surface area contributed by atoms with Crippen molar-refractivity contribution in [2.24, 2.45) is 0 Å². The zero-order valence-corrected chi connectivity index (χ0v) is 10.7. The topological polar surface area (TPSA) is 34.9 Å². The first-order chi connectivity index (χ1) is 8.06. The van der Waals surface area contributed by atoms with Crippen LogP contribution in [0.2, 0.25) is 10.0 Å². The number of nitrogens with zero attached hydrogens (tertiary/aromatic N) is 2. The van der Waals surface area contributed by atoms with Crippen molar-refractivity contribution in [3.63, 3.8) is 0 Å². The Bertz CT molecular complexity index is 544. The summed E-state index contributed by atoms with van der Waals surface area (Å²) in [5.41, 5.74) is 1.28. The normalized spacial score (nSPS) is 10.5. The second-order valence-electron chi connectivity index (χ2n) is 3.69. The molecule has 0 N–H and O–H groups in total. The van der Waals surface area contributed by atoms with E-state index in [2.05, 4.69) is 5.10 Å². The van der Waals surface area contributed by atoms with Crippen molar-refractivity contribution < 1.29 is 4.79 Å². The Labute approximate surface area is 109 Å². The van der Waals surface area contributed by atoms with Gasteiger partial charge in [-0.15, -0.1) is 0 Å². The van der Waals surface area contributed by atoms with Gasteiger partial charge in [0.2, 0.25) is 0 Å². The summed E-state index contributed by atoms with van der Waals surface area (Å²) in [7, 11) is 0. The summed E-state index contributed by atoms with van der Waals surface area (Å²) in [4.78, 5) is 11.9. The Kier molecular flexibility index (Phi) is 3.50. The summed E-state index contributed by atoms with van der Waals surface area (Å²) in [6.07, 6.45) is 1.64. The van der Waals surface area contributed by atoms with Crippen molar-refractivity contribution in [2.75, 3.05) is 0 Å². The second kappa shape index (κ2) is 4.90. The standard InChI is InChI=1S/C12H10Cl2N2O/c1-8-11(14)6-16(15-8)7-12(17)9-3-2-4-10(13)5-9/h2-6H,7H2,1H3. The quantitative estimate of drug-likeness (QED) is 0.800. The molecular weight excluding hydrogens is 259 g/mol. The Balaban J connectivity index is 2.17. The van der Waals surface area contributed by atoms with E-state index in [0.29, 0.717) is 21.3 Å². The minimum absolute atomic E-state index is 0.0494. The van der Waals surface area contributed by atoms with Gasteiger partial charge in [-0.1, -0.05) is 35.3 Å². The molecule has 0 aliphatic heterocycles. The molecule has 0 saturated heterocycles. The van der Waals surface area contributed by atoms with Crippen LogP contribution < -0.4 is 0 Å². The van der Waals surface area contributed by atoms with Crippen LogP contribution in [0, 0.1) is 6.92 Å². The predicted molar refractivity (Wildman–Crippen MR) is 67.8 cm³/mol. The van der Waals surface area contributed by atoms with E-state index >= 15 is 0 Å². The molecule has 0 unspecified atom stereocenters. The van der Waals surface area contributed by atoms with Crippen LogP contribution in [0.1, 0.15) is 16.1 Å². The van der Waals surface area contributed by atoms with Crippen LogP contribution in [-0.4, -0.2) is 15.6 Å². The van der Waals surface area contributed by atoms with Gasteiger partial charge in [-0.05, 0) is 19.1 Å². The molecule has 1 heterocycles. The monoisotopic (exact) mass is 268 g/mol. The highest BCUT2D eigenvalue weighted by atomic mass is 35.5. The molecule has 5 heteroatoms. The Morgan fingerprint density at radius 3 is 2.76 bits per heavy atom. The van der Waals surface area contributed by atoms with Gasteiger partial charge < -0.3 is 0 Å². The summed E-state index contributed by atoms with van der Waals surface area (Å²) < 4.78 is 1.53. The van der Waals surface area contributed by atoms with Crippen molar-refractivity contribution in [3.05, 3.63) is 51.8 Å². The van der Waals surface area contributed by atoms with Crippen molar-refractivity contribution >= 4 is 29.0 Å². The van der Waals surface area contributed by atoms with Gasteiger partial charge in [0.25, 0.3) is 0 Å². The lowest BCUT2D eigenvalue weighted by molar-refractivity contribution is 0.0967. The van der Waals surface area contributed by atoms with Crippen molar-refractivity contribution in [2.45, 2.75) is 13.5 Å². The lowest BCUT2D eigenvalue weighted by Crippen LogP contribution is -2.10. The van der Waals surface area contributed by atoms with Crippen LogP contribution >= 0.6 is 23.2 Å². The van der Waals surface area contributed by atoms with Gasteiger partial charge in [-0.3, -0.25) is 9.48 Å². The molecule has 0 radical (unpaired) electrons. The molecule has 0 aliphatic carbocycles. The number of halogens is 2. The minimum Gasteiger partial charge on any atom is -0.292 e. The average molecular weight is 269 g/mol.